The lowest BCUT2D eigenvalue weighted by molar-refractivity contribution is -0.255. The zero-order valence-electron chi connectivity index (χ0n) is 15.2. The van der Waals surface area contributed by atoms with Gasteiger partial charge >= 0.3 is 0 Å². The smallest absolute Gasteiger partial charge is 0.260 e. The molecule has 2 aromatic rings. The van der Waals surface area contributed by atoms with E-state index in [4.69, 9.17) is 4.74 Å². The van der Waals surface area contributed by atoms with Crippen LogP contribution < -0.4 is 19.6 Å². The standard InChI is InChI=1S/C18H19N3O6S/c1-27-16-10-6-5-9-15(16)21(28(2,25)26)12-17(22)20-19-11-13-7-3-4-8-14(13)18(23)24/h3-11H,12H2,1-2H3,(H,20,22)(H,23,24)/p-1/b19-11-. The van der Waals surface area contributed by atoms with Crippen LogP contribution in [0.3, 0.4) is 0 Å². The summed E-state index contributed by atoms with van der Waals surface area (Å²) in [4.78, 5) is 23.2. The van der Waals surface area contributed by atoms with E-state index in [1.54, 1.807) is 24.3 Å². The zero-order valence-corrected chi connectivity index (χ0v) is 16.0. The van der Waals surface area contributed by atoms with Crippen molar-refractivity contribution in [2.45, 2.75) is 0 Å². The van der Waals surface area contributed by atoms with E-state index in [-0.39, 0.29) is 22.6 Å². The molecule has 0 aliphatic heterocycles. The second-order valence-electron chi connectivity index (χ2n) is 5.61. The Morgan fingerprint density at radius 3 is 2.46 bits per heavy atom. The first-order valence-corrected chi connectivity index (χ1v) is 9.82. The molecule has 0 saturated heterocycles. The van der Waals surface area contributed by atoms with Gasteiger partial charge in [0.1, 0.15) is 12.3 Å². The normalized spacial score (nSPS) is 11.2. The number of anilines is 1. The molecule has 0 aromatic heterocycles. The first-order valence-electron chi connectivity index (χ1n) is 7.97. The maximum absolute atomic E-state index is 12.2. The van der Waals surface area contributed by atoms with Crippen molar-refractivity contribution in [2.24, 2.45) is 5.10 Å². The van der Waals surface area contributed by atoms with Crippen LogP contribution in [0.1, 0.15) is 15.9 Å². The molecule has 2 aromatic carbocycles. The van der Waals surface area contributed by atoms with Gasteiger partial charge in [-0.3, -0.25) is 9.10 Å². The van der Waals surface area contributed by atoms with Crippen LogP contribution in [0.25, 0.3) is 0 Å². The molecule has 0 aliphatic rings. The van der Waals surface area contributed by atoms with Crippen molar-refractivity contribution in [3.63, 3.8) is 0 Å². The highest BCUT2D eigenvalue weighted by molar-refractivity contribution is 7.92. The Morgan fingerprint density at radius 1 is 1.18 bits per heavy atom. The average Bonchev–Trinajstić information content (AvgIpc) is 2.65. The number of nitrogens with zero attached hydrogens (tertiary/aromatic N) is 2. The molecule has 2 rings (SSSR count). The van der Waals surface area contributed by atoms with E-state index in [1.165, 1.54) is 31.4 Å². The Morgan fingerprint density at radius 2 is 1.82 bits per heavy atom. The third kappa shape index (κ3) is 5.30. The van der Waals surface area contributed by atoms with Crippen molar-refractivity contribution in [3.05, 3.63) is 59.7 Å². The fraction of sp³-hybridized carbons (Fsp3) is 0.167. The maximum atomic E-state index is 12.2. The number of hydrogen-bond donors (Lipinski definition) is 1. The number of hydrazone groups is 1. The van der Waals surface area contributed by atoms with Gasteiger partial charge in [0.25, 0.3) is 5.91 Å². The number of nitrogens with one attached hydrogen (secondary N) is 1. The predicted molar refractivity (Wildman–Crippen MR) is 102 cm³/mol. The number of amides is 1. The summed E-state index contributed by atoms with van der Waals surface area (Å²) in [7, 11) is -2.40. The molecule has 0 atom stereocenters. The number of hydrogen-bond acceptors (Lipinski definition) is 7. The summed E-state index contributed by atoms with van der Waals surface area (Å²) in [6, 6.07) is 12.3. The van der Waals surface area contributed by atoms with Crippen LogP contribution in [0.2, 0.25) is 0 Å². The lowest BCUT2D eigenvalue weighted by Crippen LogP contribution is -2.39. The number of carboxylic acids is 1. The number of carboxylic acid groups (broad SMARTS) is 1. The largest absolute Gasteiger partial charge is 0.545 e. The van der Waals surface area contributed by atoms with Crippen molar-refractivity contribution in [2.75, 3.05) is 24.2 Å². The Labute approximate surface area is 162 Å². The SMILES string of the molecule is COc1ccccc1N(CC(=O)N/N=C\c1ccccc1C(=O)[O-])S(C)(=O)=O. The molecule has 0 unspecified atom stereocenters. The molecule has 0 aliphatic carbocycles. The Kier molecular flexibility index (Phi) is 6.72. The summed E-state index contributed by atoms with van der Waals surface area (Å²) in [5, 5.41) is 14.7. The van der Waals surface area contributed by atoms with E-state index in [1.807, 2.05) is 0 Å². The Balaban J connectivity index is 2.16. The minimum atomic E-state index is -3.79. The summed E-state index contributed by atoms with van der Waals surface area (Å²) >= 11 is 0. The molecule has 10 heteroatoms. The highest BCUT2D eigenvalue weighted by Crippen LogP contribution is 2.29. The number of carbonyl (C=O) groups is 2. The van der Waals surface area contributed by atoms with E-state index in [0.29, 0.717) is 0 Å². The number of aromatic carboxylic acids is 1. The minimum absolute atomic E-state index is 0.0905. The molecule has 9 nitrogen and oxygen atoms in total. The highest BCUT2D eigenvalue weighted by Gasteiger charge is 2.23. The lowest BCUT2D eigenvalue weighted by Gasteiger charge is -2.23. The molecular weight excluding hydrogens is 386 g/mol. The van der Waals surface area contributed by atoms with Gasteiger partial charge < -0.3 is 14.6 Å². The molecule has 1 amide bonds. The van der Waals surface area contributed by atoms with E-state index in [2.05, 4.69) is 10.5 Å². The second-order valence-corrected chi connectivity index (χ2v) is 7.52. The van der Waals surface area contributed by atoms with E-state index in [0.717, 1.165) is 16.8 Å². The lowest BCUT2D eigenvalue weighted by atomic mass is 10.1. The van der Waals surface area contributed by atoms with Gasteiger partial charge in [0.05, 0.1) is 31.2 Å². The number of benzene rings is 2. The van der Waals surface area contributed by atoms with Crippen LogP contribution in [-0.4, -0.2) is 46.4 Å². The van der Waals surface area contributed by atoms with E-state index < -0.39 is 28.4 Å². The second kappa shape index (κ2) is 9.00. The van der Waals surface area contributed by atoms with Crippen LogP contribution >= 0.6 is 0 Å². The summed E-state index contributed by atoms with van der Waals surface area (Å²) in [6.45, 7) is -0.543. The average molecular weight is 404 g/mol. The van der Waals surface area contributed by atoms with Gasteiger partial charge in [-0.05, 0) is 12.1 Å². The molecule has 0 fully saturated rings. The summed E-state index contributed by atoms with van der Waals surface area (Å²) in [5.74, 6) is -1.82. The van der Waals surface area contributed by atoms with Gasteiger partial charge in [-0.15, -0.1) is 0 Å². The quantitative estimate of drug-likeness (QED) is 0.486. The van der Waals surface area contributed by atoms with Crippen molar-refractivity contribution in [1.82, 2.24) is 5.43 Å². The number of methoxy groups -OCH3 is 1. The molecule has 0 spiro atoms. The van der Waals surface area contributed by atoms with Gasteiger partial charge in [0.15, 0.2) is 0 Å². The van der Waals surface area contributed by atoms with E-state index >= 15 is 0 Å². The third-order valence-electron chi connectivity index (χ3n) is 3.61. The highest BCUT2D eigenvalue weighted by atomic mass is 32.2. The first-order chi connectivity index (χ1) is 13.2. The van der Waals surface area contributed by atoms with Crippen molar-refractivity contribution >= 4 is 33.8 Å². The van der Waals surface area contributed by atoms with Crippen molar-refractivity contribution in [1.29, 1.82) is 0 Å². The summed E-state index contributed by atoms with van der Waals surface area (Å²) in [5.41, 5.74) is 2.52. The molecule has 28 heavy (non-hydrogen) atoms. The monoisotopic (exact) mass is 404 g/mol. The molecule has 0 saturated carbocycles. The first kappa shape index (κ1) is 20.9. The fourth-order valence-electron chi connectivity index (χ4n) is 2.35. The zero-order chi connectivity index (χ0) is 20.7. The number of sulfonamides is 1. The van der Waals surface area contributed by atoms with Crippen molar-refractivity contribution < 1.29 is 27.9 Å². The predicted octanol–water partition coefficient (Wildman–Crippen LogP) is -0.0250. The van der Waals surface area contributed by atoms with Crippen molar-refractivity contribution in [3.8, 4) is 5.75 Å². The maximum Gasteiger partial charge on any atom is 0.260 e. The van der Waals surface area contributed by atoms with Crippen LogP contribution in [0, 0.1) is 0 Å². The van der Waals surface area contributed by atoms with Crippen LogP contribution in [0.4, 0.5) is 5.69 Å². The molecule has 1 N–H and O–H groups in total. The Bertz CT molecular complexity index is 1000. The molecule has 148 valence electrons. The fourth-order valence-corrected chi connectivity index (χ4v) is 3.21. The van der Waals surface area contributed by atoms with Gasteiger partial charge in [0, 0.05) is 11.1 Å². The van der Waals surface area contributed by atoms with Gasteiger partial charge in [0.2, 0.25) is 10.0 Å². The van der Waals surface area contributed by atoms with Gasteiger partial charge in [-0.25, -0.2) is 13.8 Å². The number of rotatable bonds is 8. The number of ether oxygens (including phenoxy) is 1. The van der Waals surface area contributed by atoms with Gasteiger partial charge in [-0.1, -0.05) is 36.4 Å². The minimum Gasteiger partial charge on any atom is -0.545 e. The van der Waals surface area contributed by atoms with Gasteiger partial charge in [-0.2, -0.15) is 5.10 Å². The summed E-state index contributed by atoms with van der Waals surface area (Å²) < 4.78 is 30.3. The molecule has 0 heterocycles. The van der Waals surface area contributed by atoms with Crippen LogP contribution in [0.15, 0.2) is 53.6 Å². The topological polar surface area (TPSA) is 128 Å². The third-order valence-corrected chi connectivity index (χ3v) is 4.74. The summed E-state index contributed by atoms with van der Waals surface area (Å²) in [6.07, 6.45) is 2.10. The molecule has 0 radical (unpaired) electrons. The number of carbonyl (C=O) groups excluding carboxylic acids is 2. The van der Waals surface area contributed by atoms with Crippen LogP contribution in [-0.2, 0) is 14.8 Å². The van der Waals surface area contributed by atoms with E-state index in [9.17, 15) is 23.1 Å². The Hall–Kier alpha value is -3.40. The number of para-hydroxylation sites is 2. The van der Waals surface area contributed by atoms with Crippen LogP contribution in [0.5, 0.6) is 5.75 Å². The molecule has 0 bridgehead atoms. The molecular formula is C18H18N3O6S-.